The molecule has 0 fully saturated rings. The van der Waals surface area contributed by atoms with Gasteiger partial charge in [0.25, 0.3) is 5.91 Å². The highest BCUT2D eigenvalue weighted by molar-refractivity contribution is 7.80. The van der Waals surface area contributed by atoms with E-state index >= 15 is 0 Å². The van der Waals surface area contributed by atoms with Crippen LogP contribution >= 0.6 is 105 Å². The van der Waals surface area contributed by atoms with Crippen molar-refractivity contribution in [2.45, 2.75) is 9.96 Å². The van der Waals surface area contributed by atoms with Gasteiger partial charge in [-0.2, -0.15) is 0 Å². The molecule has 2 aromatic rings. The number of alkyl halides is 3. The lowest BCUT2D eigenvalue weighted by Crippen LogP contribution is -2.56. The molecule has 0 aliphatic rings. The van der Waals surface area contributed by atoms with Gasteiger partial charge in [0.1, 0.15) is 6.17 Å². The molecule has 0 radical (unpaired) electrons. The Kier molecular flexibility index (Phi) is 9.11. The normalized spacial score (nSPS) is 12.3. The Hall–Kier alpha value is -0.0800. The zero-order valence-electron chi connectivity index (χ0n) is 13.8. The van der Waals surface area contributed by atoms with Gasteiger partial charge in [-0.25, -0.2) is 0 Å². The van der Waals surface area contributed by atoms with E-state index in [1.165, 1.54) is 30.3 Å². The van der Waals surface area contributed by atoms with Gasteiger partial charge < -0.3 is 16.0 Å². The van der Waals surface area contributed by atoms with Crippen molar-refractivity contribution in [2.24, 2.45) is 0 Å². The van der Waals surface area contributed by atoms with Gasteiger partial charge in [0.2, 0.25) is 3.79 Å². The number of thiocarbonyl (C=S) groups is 1. The van der Waals surface area contributed by atoms with E-state index in [2.05, 4.69) is 16.0 Å². The van der Waals surface area contributed by atoms with Crippen LogP contribution in [-0.2, 0) is 0 Å². The maximum atomic E-state index is 12.5. The molecular formula is C16H9Cl8N3OS. The number of benzene rings is 2. The summed E-state index contributed by atoms with van der Waals surface area (Å²) in [6, 6.07) is 7.27. The van der Waals surface area contributed by atoms with E-state index < -0.39 is 15.9 Å². The SMILES string of the molecule is O=C(N[C@@H](NC(=S)Nc1c(Cl)cc(Cl)cc1Cl)C(Cl)(Cl)Cl)c1ccc(Cl)cc1Cl. The van der Waals surface area contributed by atoms with Gasteiger partial charge in [-0.15, -0.1) is 0 Å². The molecule has 0 saturated heterocycles. The van der Waals surface area contributed by atoms with Crippen LogP contribution in [0.25, 0.3) is 0 Å². The summed E-state index contributed by atoms with van der Waals surface area (Å²) < 4.78 is -1.98. The summed E-state index contributed by atoms with van der Waals surface area (Å²) >= 11 is 53.1. The maximum Gasteiger partial charge on any atom is 0.254 e. The van der Waals surface area contributed by atoms with Gasteiger partial charge in [-0.3, -0.25) is 4.79 Å². The van der Waals surface area contributed by atoms with Crippen LogP contribution in [0.3, 0.4) is 0 Å². The van der Waals surface area contributed by atoms with Crippen molar-refractivity contribution in [1.29, 1.82) is 0 Å². The fourth-order valence-electron chi connectivity index (χ4n) is 2.02. The summed E-state index contributed by atoms with van der Waals surface area (Å²) in [5.41, 5.74) is 0.408. The second-order valence-electron chi connectivity index (χ2n) is 5.42. The van der Waals surface area contributed by atoms with E-state index in [-0.39, 0.29) is 31.4 Å². The minimum absolute atomic E-state index is 0.0325. The lowest BCUT2D eigenvalue weighted by atomic mass is 10.2. The molecule has 1 atom stereocenters. The zero-order valence-corrected chi connectivity index (χ0v) is 20.7. The quantitative estimate of drug-likeness (QED) is 0.203. The third-order valence-electron chi connectivity index (χ3n) is 3.30. The van der Waals surface area contributed by atoms with Gasteiger partial charge in [0.05, 0.1) is 26.3 Å². The Morgan fingerprint density at radius 2 is 1.41 bits per heavy atom. The fraction of sp³-hybridized carbons (Fsp3) is 0.125. The number of hydrogen-bond acceptors (Lipinski definition) is 2. The average Bonchev–Trinajstić information content (AvgIpc) is 2.56. The van der Waals surface area contributed by atoms with Crippen molar-refractivity contribution in [3.8, 4) is 0 Å². The van der Waals surface area contributed by atoms with E-state index in [9.17, 15) is 4.79 Å². The summed E-state index contributed by atoms with van der Waals surface area (Å²) in [6.07, 6.45) is -1.24. The molecule has 0 heterocycles. The molecule has 0 saturated carbocycles. The number of carbonyl (C=O) groups excluding carboxylic acids is 1. The lowest BCUT2D eigenvalue weighted by Gasteiger charge is -2.28. The third kappa shape index (κ3) is 7.23. The van der Waals surface area contributed by atoms with E-state index in [1.54, 1.807) is 0 Å². The molecule has 0 aliphatic heterocycles. The van der Waals surface area contributed by atoms with Crippen LogP contribution in [0, 0.1) is 0 Å². The Labute approximate surface area is 212 Å². The van der Waals surface area contributed by atoms with Gasteiger partial charge >= 0.3 is 0 Å². The number of halogens is 8. The topological polar surface area (TPSA) is 53.2 Å². The molecule has 3 N–H and O–H groups in total. The van der Waals surface area contributed by atoms with E-state index in [1.807, 2.05) is 0 Å². The monoisotopic (exact) mass is 571 g/mol. The van der Waals surface area contributed by atoms with E-state index in [0.717, 1.165) is 0 Å². The molecule has 29 heavy (non-hydrogen) atoms. The number of anilines is 1. The van der Waals surface area contributed by atoms with Crippen molar-refractivity contribution >= 4 is 122 Å². The van der Waals surface area contributed by atoms with Gasteiger partial charge in [0.15, 0.2) is 5.11 Å². The van der Waals surface area contributed by atoms with Gasteiger partial charge in [-0.1, -0.05) is 92.8 Å². The average molecular weight is 575 g/mol. The summed E-state index contributed by atoms with van der Waals surface area (Å²) in [4.78, 5) is 12.5. The highest BCUT2D eigenvalue weighted by atomic mass is 35.6. The molecule has 0 aromatic heterocycles. The van der Waals surface area contributed by atoms with Crippen LogP contribution in [0.1, 0.15) is 10.4 Å². The molecular weight excluding hydrogens is 566 g/mol. The molecule has 0 aliphatic carbocycles. The molecule has 1 amide bonds. The summed E-state index contributed by atoms with van der Waals surface area (Å²) in [6.45, 7) is 0. The second-order valence-corrected chi connectivity index (χ2v) is 10.3. The van der Waals surface area contributed by atoms with Gasteiger partial charge in [-0.05, 0) is 42.5 Å². The maximum absolute atomic E-state index is 12.5. The smallest absolute Gasteiger partial charge is 0.254 e. The summed E-state index contributed by atoms with van der Waals surface area (Å²) in [7, 11) is 0. The first-order valence-electron chi connectivity index (χ1n) is 7.43. The summed E-state index contributed by atoms with van der Waals surface area (Å²) in [5, 5.41) is 9.18. The first-order chi connectivity index (χ1) is 13.4. The fourth-order valence-corrected chi connectivity index (χ4v) is 3.98. The highest BCUT2D eigenvalue weighted by Crippen LogP contribution is 2.34. The number of rotatable bonds is 4. The lowest BCUT2D eigenvalue weighted by molar-refractivity contribution is 0.0934. The molecule has 2 aromatic carbocycles. The number of hydrogen-bond donors (Lipinski definition) is 3. The van der Waals surface area contributed by atoms with E-state index in [4.69, 9.17) is 105 Å². The molecule has 0 spiro atoms. The van der Waals surface area contributed by atoms with Crippen molar-refractivity contribution in [3.63, 3.8) is 0 Å². The number of carbonyl (C=O) groups is 1. The Morgan fingerprint density at radius 1 is 0.862 bits per heavy atom. The summed E-state index contributed by atoms with van der Waals surface area (Å²) in [5.74, 6) is -0.624. The van der Waals surface area contributed by atoms with Crippen molar-refractivity contribution in [1.82, 2.24) is 10.6 Å². The van der Waals surface area contributed by atoms with E-state index in [0.29, 0.717) is 10.0 Å². The van der Waals surface area contributed by atoms with Crippen LogP contribution in [0.4, 0.5) is 5.69 Å². The molecule has 2 rings (SSSR count). The Morgan fingerprint density at radius 3 is 1.93 bits per heavy atom. The standard InChI is InChI=1S/C16H9Cl8N3OS/c17-6-1-2-8(9(19)3-6)13(28)26-14(16(22,23)24)27-15(29)25-12-10(20)4-7(18)5-11(12)21/h1-5,14H,(H,26,28)(H2,25,27,29)/t14-/m0/s1. The largest absolute Gasteiger partial charge is 0.339 e. The molecule has 0 bridgehead atoms. The van der Waals surface area contributed by atoms with Crippen molar-refractivity contribution in [2.75, 3.05) is 5.32 Å². The van der Waals surface area contributed by atoms with Gasteiger partial charge in [0, 0.05) is 10.0 Å². The Balaban J connectivity index is 2.17. The minimum atomic E-state index is -1.98. The van der Waals surface area contributed by atoms with Crippen LogP contribution < -0.4 is 16.0 Å². The molecule has 4 nitrogen and oxygen atoms in total. The number of nitrogens with one attached hydrogen (secondary N) is 3. The third-order valence-corrected chi connectivity index (χ3v) is 5.54. The molecule has 0 unspecified atom stereocenters. The van der Waals surface area contributed by atoms with Crippen molar-refractivity contribution < 1.29 is 4.79 Å². The van der Waals surface area contributed by atoms with Crippen LogP contribution in [0.5, 0.6) is 0 Å². The molecule has 13 heteroatoms. The van der Waals surface area contributed by atoms with Crippen LogP contribution in [0.2, 0.25) is 25.1 Å². The number of amides is 1. The minimum Gasteiger partial charge on any atom is -0.339 e. The Bertz CT molecular complexity index is 927. The second kappa shape index (κ2) is 10.5. The van der Waals surface area contributed by atoms with Crippen LogP contribution in [-0.4, -0.2) is 21.0 Å². The van der Waals surface area contributed by atoms with Crippen molar-refractivity contribution in [3.05, 3.63) is 61.0 Å². The zero-order chi connectivity index (χ0) is 21.9. The predicted molar refractivity (Wildman–Crippen MR) is 129 cm³/mol. The van der Waals surface area contributed by atoms with Crippen LogP contribution in [0.15, 0.2) is 30.3 Å². The first-order valence-corrected chi connectivity index (χ1v) is 10.9. The molecule has 156 valence electrons. The highest BCUT2D eigenvalue weighted by Gasteiger charge is 2.35. The predicted octanol–water partition coefficient (Wildman–Crippen LogP) is 7.37. The first kappa shape index (κ1) is 25.2.